The van der Waals surface area contributed by atoms with Crippen molar-refractivity contribution in [3.63, 3.8) is 0 Å². The number of carbonyl (C=O) groups is 2. The van der Waals surface area contributed by atoms with Gasteiger partial charge in [0, 0.05) is 25.8 Å². The van der Waals surface area contributed by atoms with Crippen LogP contribution in [0.1, 0.15) is 46.3 Å². The highest BCUT2D eigenvalue weighted by atomic mass is 16.5. The molecule has 1 saturated heterocycles. The van der Waals surface area contributed by atoms with Crippen LogP contribution in [0, 0.1) is 0 Å². The minimum atomic E-state index is -0.557. The molecule has 1 fully saturated rings. The molecule has 2 aromatic carbocycles. The van der Waals surface area contributed by atoms with Crippen molar-refractivity contribution in [2.24, 2.45) is 0 Å². The summed E-state index contributed by atoms with van der Waals surface area (Å²) >= 11 is 0. The summed E-state index contributed by atoms with van der Waals surface area (Å²) in [5.74, 6) is 0.355. The van der Waals surface area contributed by atoms with Crippen LogP contribution in [-0.4, -0.2) is 57.2 Å². The van der Waals surface area contributed by atoms with Crippen molar-refractivity contribution in [1.82, 2.24) is 10.2 Å². The summed E-state index contributed by atoms with van der Waals surface area (Å²) in [7, 11) is 4.88. The van der Waals surface area contributed by atoms with E-state index in [2.05, 4.69) is 5.32 Å². The average molecular weight is 424 g/mol. The van der Waals surface area contributed by atoms with Gasteiger partial charge in [0.25, 0.3) is 5.91 Å². The molecule has 164 valence electrons. The van der Waals surface area contributed by atoms with Gasteiger partial charge in [-0.3, -0.25) is 9.59 Å². The lowest BCUT2D eigenvalue weighted by atomic mass is 9.79. The number of carbonyl (C=O) groups excluding carboxylic acids is 2. The zero-order valence-corrected chi connectivity index (χ0v) is 18.1. The van der Waals surface area contributed by atoms with Gasteiger partial charge in [-0.1, -0.05) is 24.3 Å². The lowest BCUT2D eigenvalue weighted by Gasteiger charge is -2.40. The standard InChI is InChI=1S/C24H28N2O5/c1-26-22(15-10-11-19(29-2)20(13-15)30-3)21(17-8-4-5-9-18(17)24(26)28)23(27)25-14-16-7-6-12-31-16/h4-5,8-11,13,16,21-22H,6-7,12,14H2,1-3H3,(H,25,27). The number of hydrogen-bond donors (Lipinski definition) is 1. The number of nitrogens with zero attached hydrogens (tertiary/aromatic N) is 1. The molecule has 2 aliphatic rings. The van der Waals surface area contributed by atoms with Crippen LogP contribution in [0.5, 0.6) is 11.5 Å². The first-order valence-corrected chi connectivity index (χ1v) is 10.5. The molecule has 7 heteroatoms. The lowest BCUT2D eigenvalue weighted by Crippen LogP contribution is -2.46. The Morgan fingerprint density at radius 2 is 1.94 bits per heavy atom. The maximum absolute atomic E-state index is 13.5. The smallest absolute Gasteiger partial charge is 0.254 e. The Hall–Kier alpha value is -3.06. The number of nitrogens with one attached hydrogen (secondary N) is 1. The third-order valence-corrected chi connectivity index (χ3v) is 6.14. The minimum absolute atomic E-state index is 0.0432. The van der Waals surface area contributed by atoms with Crippen LogP contribution in [0.25, 0.3) is 0 Å². The number of amides is 2. The molecule has 31 heavy (non-hydrogen) atoms. The average Bonchev–Trinajstić information content (AvgIpc) is 3.33. The van der Waals surface area contributed by atoms with Crippen molar-refractivity contribution < 1.29 is 23.8 Å². The highest BCUT2D eigenvalue weighted by molar-refractivity contribution is 6.01. The Labute approximate surface area is 182 Å². The zero-order chi connectivity index (χ0) is 22.0. The van der Waals surface area contributed by atoms with Crippen molar-refractivity contribution >= 4 is 11.8 Å². The fourth-order valence-corrected chi connectivity index (χ4v) is 4.54. The third-order valence-electron chi connectivity index (χ3n) is 6.14. The van der Waals surface area contributed by atoms with Crippen LogP contribution in [0.3, 0.4) is 0 Å². The summed E-state index contributed by atoms with van der Waals surface area (Å²) in [6.07, 6.45) is 2.00. The predicted octanol–water partition coefficient (Wildman–Crippen LogP) is 2.91. The van der Waals surface area contributed by atoms with Gasteiger partial charge < -0.3 is 24.4 Å². The Kier molecular flexibility index (Phi) is 6.13. The molecule has 0 aliphatic carbocycles. The molecule has 2 aromatic rings. The largest absolute Gasteiger partial charge is 0.493 e. The van der Waals surface area contributed by atoms with Gasteiger partial charge in [0.1, 0.15) is 0 Å². The molecule has 3 unspecified atom stereocenters. The Morgan fingerprint density at radius 3 is 2.65 bits per heavy atom. The molecule has 7 nitrogen and oxygen atoms in total. The first-order valence-electron chi connectivity index (χ1n) is 10.5. The summed E-state index contributed by atoms with van der Waals surface area (Å²) in [6, 6.07) is 12.4. The van der Waals surface area contributed by atoms with E-state index in [1.165, 1.54) is 0 Å². The number of hydrogen-bond acceptors (Lipinski definition) is 5. The number of fused-ring (bicyclic) bond motifs is 1. The normalized spacial score (nSPS) is 22.7. The predicted molar refractivity (Wildman–Crippen MR) is 116 cm³/mol. The first kappa shape index (κ1) is 21.2. The van der Waals surface area contributed by atoms with Gasteiger partial charge in [-0.05, 0) is 42.2 Å². The summed E-state index contributed by atoms with van der Waals surface area (Å²) in [5.41, 5.74) is 2.09. The monoisotopic (exact) mass is 424 g/mol. The van der Waals surface area contributed by atoms with Crippen molar-refractivity contribution in [3.05, 3.63) is 59.2 Å². The molecule has 2 aliphatic heterocycles. The van der Waals surface area contributed by atoms with Crippen molar-refractivity contribution in [2.75, 3.05) is 34.4 Å². The molecule has 0 bridgehead atoms. The van der Waals surface area contributed by atoms with Gasteiger partial charge in [-0.2, -0.15) is 0 Å². The van der Waals surface area contributed by atoms with Crippen LogP contribution < -0.4 is 14.8 Å². The molecular weight excluding hydrogens is 396 g/mol. The van der Waals surface area contributed by atoms with E-state index in [4.69, 9.17) is 14.2 Å². The molecule has 2 heterocycles. The maximum Gasteiger partial charge on any atom is 0.254 e. The Morgan fingerprint density at radius 1 is 1.16 bits per heavy atom. The van der Waals surface area contributed by atoms with Gasteiger partial charge in [0.15, 0.2) is 11.5 Å². The van der Waals surface area contributed by atoms with E-state index in [9.17, 15) is 9.59 Å². The van der Waals surface area contributed by atoms with Crippen molar-refractivity contribution in [3.8, 4) is 11.5 Å². The molecule has 3 atom stereocenters. The van der Waals surface area contributed by atoms with Crippen molar-refractivity contribution in [1.29, 1.82) is 0 Å². The zero-order valence-electron chi connectivity index (χ0n) is 18.1. The summed E-state index contributed by atoms with van der Waals surface area (Å²) < 4.78 is 16.5. The fourth-order valence-electron chi connectivity index (χ4n) is 4.54. The highest BCUT2D eigenvalue weighted by Crippen LogP contribution is 2.43. The Bertz CT molecular complexity index is 970. The number of likely N-dealkylation sites (N-methyl/N-ethyl adjacent to an activating group) is 1. The van der Waals surface area contributed by atoms with E-state index in [0.29, 0.717) is 23.6 Å². The molecule has 4 rings (SSSR count). The molecule has 0 saturated carbocycles. The van der Waals surface area contributed by atoms with Crippen LogP contribution in [0.15, 0.2) is 42.5 Å². The summed E-state index contributed by atoms with van der Waals surface area (Å²) in [4.78, 5) is 28.2. The minimum Gasteiger partial charge on any atom is -0.493 e. The fraction of sp³-hybridized carbons (Fsp3) is 0.417. The number of rotatable bonds is 6. The number of ether oxygens (including phenoxy) is 3. The highest BCUT2D eigenvalue weighted by Gasteiger charge is 2.43. The van der Waals surface area contributed by atoms with E-state index in [1.807, 2.05) is 30.3 Å². The maximum atomic E-state index is 13.5. The van der Waals surface area contributed by atoms with Gasteiger partial charge in [-0.15, -0.1) is 0 Å². The second-order valence-corrected chi connectivity index (χ2v) is 7.92. The first-order chi connectivity index (χ1) is 15.0. The molecule has 0 aromatic heterocycles. The van der Waals surface area contributed by atoms with Gasteiger partial charge >= 0.3 is 0 Å². The number of methoxy groups -OCH3 is 2. The molecule has 0 spiro atoms. The van der Waals surface area contributed by atoms with Gasteiger partial charge in [0.2, 0.25) is 5.91 Å². The van der Waals surface area contributed by atoms with E-state index in [1.54, 1.807) is 38.3 Å². The second kappa shape index (κ2) is 8.98. The van der Waals surface area contributed by atoms with E-state index in [-0.39, 0.29) is 17.9 Å². The van der Waals surface area contributed by atoms with Crippen LogP contribution >= 0.6 is 0 Å². The summed E-state index contributed by atoms with van der Waals surface area (Å²) in [5, 5.41) is 3.06. The molecule has 1 N–H and O–H groups in total. The second-order valence-electron chi connectivity index (χ2n) is 7.92. The molecule has 2 amide bonds. The van der Waals surface area contributed by atoms with Crippen molar-refractivity contribution in [2.45, 2.75) is 30.9 Å². The summed E-state index contributed by atoms with van der Waals surface area (Å²) in [6.45, 7) is 1.20. The Balaban J connectivity index is 1.73. The topological polar surface area (TPSA) is 77.1 Å². The van der Waals surface area contributed by atoms with E-state index < -0.39 is 12.0 Å². The van der Waals surface area contributed by atoms with Crippen LogP contribution in [0.2, 0.25) is 0 Å². The van der Waals surface area contributed by atoms with Gasteiger partial charge in [0.05, 0.1) is 32.3 Å². The molecule has 0 radical (unpaired) electrons. The lowest BCUT2D eigenvalue weighted by molar-refractivity contribution is -0.124. The molecular formula is C24H28N2O5. The van der Waals surface area contributed by atoms with E-state index in [0.717, 1.165) is 30.6 Å². The van der Waals surface area contributed by atoms with Crippen LogP contribution in [0.4, 0.5) is 0 Å². The van der Waals surface area contributed by atoms with Gasteiger partial charge in [-0.25, -0.2) is 0 Å². The van der Waals surface area contributed by atoms with E-state index >= 15 is 0 Å². The number of benzene rings is 2. The third kappa shape index (κ3) is 3.97. The quantitative estimate of drug-likeness (QED) is 0.772. The SMILES string of the molecule is COc1ccc(C2C(C(=O)NCC3CCCO3)c3ccccc3C(=O)N2C)cc1OC. The van der Waals surface area contributed by atoms with Crippen LogP contribution in [-0.2, 0) is 9.53 Å².